The maximum Gasteiger partial charge on any atom is 0.325 e. The van der Waals surface area contributed by atoms with Crippen molar-refractivity contribution in [1.29, 1.82) is 0 Å². The molecule has 0 saturated heterocycles. The highest BCUT2D eigenvalue weighted by Gasteiger charge is 2.17. The van der Waals surface area contributed by atoms with Gasteiger partial charge in [-0.05, 0) is 13.8 Å². The Morgan fingerprint density at radius 3 is 2.36 bits per heavy atom. The van der Waals surface area contributed by atoms with Crippen LogP contribution in [0.3, 0.4) is 0 Å². The molecule has 0 aliphatic rings. The average molecular weight is 222 g/mol. The number of hydrogen-bond acceptors (Lipinski definition) is 5. The van der Waals surface area contributed by atoms with Crippen LogP contribution in [0.5, 0.6) is 0 Å². The number of amides is 1. The van der Waals surface area contributed by atoms with Gasteiger partial charge in [0.25, 0.3) is 0 Å². The molecule has 0 saturated carbocycles. The second-order valence-corrected chi connectivity index (χ2v) is 2.96. The molecule has 0 spiro atoms. The summed E-state index contributed by atoms with van der Waals surface area (Å²) in [4.78, 5) is 21.5. The van der Waals surface area contributed by atoms with Gasteiger partial charge in [-0.2, -0.15) is 11.5 Å². The molecule has 14 heavy (non-hydrogen) atoms. The van der Waals surface area contributed by atoms with E-state index < -0.39 is 35.4 Å². The molecule has 82 valence electrons. The second-order valence-electron chi connectivity index (χ2n) is 2.60. The van der Waals surface area contributed by atoms with Crippen molar-refractivity contribution in [2.45, 2.75) is 25.9 Å². The minimum absolute atomic E-state index is 0.479. The zero-order valence-corrected chi connectivity index (χ0v) is 8.62. The predicted octanol–water partition coefficient (Wildman–Crippen LogP) is -1.19. The fourth-order valence-corrected chi connectivity index (χ4v) is 0.789. The first kappa shape index (κ1) is 12.8. The van der Waals surface area contributed by atoms with Crippen LogP contribution in [0.25, 0.3) is 0 Å². The number of carbonyl (C=O) groups is 2. The molecule has 0 radical (unpaired) electrons. The van der Waals surface area contributed by atoms with Gasteiger partial charge < -0.3 is 19.1 Å². The van der Waals surface area contributed by atoms with E-state index in [0.29, 0.717) is 0 Å². The lowest BCUT2D eigenvalue weighted by Gasteiger charge is -2.14. The van der Waals surface area contributed by atoms with Crippen LogP contribution in [-0.2, 0) is 25.3 Å². The van der Waals surface area contributed by atoms with Crippen LogP contribution in [0, 0.1) is 0 Å². The van der Waals surface area contributed by atoms with E-state index in [1.54, 1.807) is 0 Å². The maximum absolute atomic E-state index is 11.2. The Morgan fingerprint density at radius 2 is 1.93 bits per heavy atom. The maximum atomic E-state index is 11.2. The lowest BCUT2D eigenvalue weighted by Crippen LogP contribution is -2.46. The monoisotopic (exact) mass is 222 g/mol. The van der Waals surface area contributed by atoms with E-state index in [4.69, 9.17) is 5.11 Å². The third-order valence-electron chi connectivity index (χ3n) is 1.41. The summed E-state index contributed by atoms with van der Waals surface area (Å²) in [5.41, 5.74) is 2.27. The third-order valence-corrected chi connectivity index (χ3v) is 1.61. The average Bonchev–Trinajstić information content (AvgIpc) is 2.13. The van der Waals surface area contributed by atoms with Crippen LogP contribution >= 0.6 is 0 Å². The van der Waals surface area contributed by atoms with Crippen LogP contribution in [0.4, 0.5) is 0 Å². The van der Waals surface area contributed by atoms with Gasteiger partial charge in [0.1, 0.15) is 12.1 Å². The van der Waals surface area contributed by atoms with Crippen molar-refractivity contribution in [3.05, 3.63) is 0 Å². The van der Waals surface area contributed by atoms with E-state index in [2.05, 4.69) is 15.2 Å². The second kappa shape index (κ2) is 6.33. The normalized spacial score (nSPS) is 14.1. The summed E-state index contributed by atoms with van der Waals surface area (Å²) in [6.07, 6.45) is 0. The predicted molar refractivity (Wildman–Crippen MR) is 49.7 cm³/mol. The molecule has 0 fully saturated rings. The van der Waals surface area contributed by atoms with E-state index >= 15 is 0 Å². The number of aliphatic carboxylic acids is 1. The summed E-state index contributed by atoms with van der Waals surface area (Å²) in [7, 11) is 0. The van der Waals surface area contributed by atoms with Crippen LogP contribution in [0.1, 0.15) is 13.8 Å². The van der Waals surface area contributed by atoms with Crippen LogP contribution in [0.2, 0.25) is 0 Å². The number of hydrogen-bond donors (Lipinski definition) is 3. The SMILES string of the molecule is CC(NN=[SH-]=O)C(=O)N[C@@H](C)C(=O)O. The molecule has 0 aliphatic carbocycles. The van der Waals surface area contributed by atoms with Gasteiger partial charge in [0, 0.05) is 0 Å². The molecule has 8 heteroatoms. The van der Waals surface area contributed by atoms with Gasteiger partial charge in [0.05, 0.1) is 0 Å². The van der Waals surface area contributed by atoms with Crippen LogP contribution < -0.4 is 10.7 Å². The number of carboxylic acid groups (broad SMARTS) is 1. The number of rotatable bonds is 5. The topological polar surface area (TPSA) is 108 Å². The Kier molecular flexibility index (Phi) is 5.81. The molecule has 0 aromatic heterocycles. The Morgan fingerprint density at radius 1 is 1.36 bits per heavy atom. The van der Waals surface area contributed by atoms with E-state index in [1.165, 1.54) is 13.8 Å². The molecule has 1 unspecified atom stereocenters. The Hall–Kier alpha value is -1.15. The summed E-state index contributed by atoms with van der Waals surface area (Å²) in [5, 5.41) is 10.7. The smallest absolute Gasteiger partial charge is 0.325 e. The van der Waals surface area contributed by atoms with Gasteiger partial charge in [0.15, 0.2) is 0 Å². The van der Waals surface area contributed by atoms with Gasteiger partial charge in [-0.3, -0.25) is 9.59 Å². The quantitative estimate of drug-likeness (QED) is 0.308. The van der Waals surface area contributed by atoms with Gasteiger partial charge >= 0.3 is 5.97 Å². The molecule has 0 aromatic rings. The minimum Gasteiger partial charge on any atom is -0.480 e. The summed E-state index contributed by atoms with van der Waals surface area (Å²) in [5.74, 6) is -1.64. The van der Waals surface area contributed by atoms with Crippen molar-refractivity contribution in [2.75, 3.05) is 0 Å². The third kappa shape index (κ3) is 4.77. The summed E-state index contributed by atoms with van der Waals surface area (Å²) in [6, 6.07) is -1.69. The lowest BCUT2D eigenvalue weighted by atomic mass is 10.3. The van der Waals surface area contributed by atoms with E-state index in [-0.39, 0.29) is 0 Å². The van der Waals surface area contributed by atoms with Crippen molar-refractivity contribution in [2.24, 2.45) is 4.47 Å². The number of nitrogens with one attached hydrogen (secondary N) is 2. The minimum atomic E-state index is -1.12. The standard InChI is InChI=1S/C6H12N3O4S/c1-3(8-9-14-13)5(10)7-4(2)6(11)12/h3-4,8,14H,1-2H3,(H,7,10)(H,11,12)/q-1/t3?,4-/m0/s1. The molecule has 0 bridgehead atoms. The zero-order valence-electron chi connectivity index (χ0n) is 7.72. The molecule has 0 aromatic carbocycles. The van der Waals surface area contributed by atoms with Gasteiger partial charge in [-0.15, -0.1) is 0 Å². The van der Waals surface area contributed by atoms with Crippen molar-refractivity contribution in [3.63, 3.8) is 0 Å². The Labute approximate surface area is 84.1 Å². The van der Waals surface area contributed by atoms with Crippen molar-refractivity contribution < 1.29 is 18.9 Å². The highest BCUT2D eigenvalue weighted by atomic mass is 32.1. The molecule has 3 N–H and O–H groups in total. The summed E-state index contributed by atoms with van der Waals surface area (Å²) in [6.45, 7) is 2.81. The largest absolute Gasteiger partial charge is 0.480 e. The Balaban J connectivity index is 4.07. The highest BCUT2D eigenvalue weighted by molar-refractivity contribution is 7.54. The molecular weight excluding hydrogens is 210 g/mol. The molecule has 1 amide bonds. The van der Waals surface area contributed by atoms with Gasteiger partial charge in [0.2, 0.25) is 5.91 Å². The highest BCUT2D eigenvalue weighted by Crippen LogP contribution is 1.86. The number of nitrogens with zero attached hydrogens (tertiary/aromatic N) is 1. The van der Waals surface area contributed by atoms with Crippen LogP contribution in [0.15, 0.2) is 4.47 Å². The first-order chi connectivity index (χ1) is 6.49. The van der Waals surface area contributed by atoms with E-state index in [1.807, 2.05) is 0 Å². The van der Waals surface area contributed by atoms with Gasteiger partial charge in [-0.25, -0.2) is 5.43 Å². The fraction of sp³-hybridized carbons (Fsp3) is 0.667. The van der Waals surface area contributed by atoms with E-state index in [9.17, 15) is 13.8 Å². The molecule has 0 aliphatic heterocycles. The van der Waals surface area contributed by atoms with Crippen molar-refractivity contribution in [1.82, 2.24) is 10.7 Å². The molecule has 0 heterocycles. The summed E-state index contributed by atoms with van der Waals surface area (Å²) >= 11 is -0.479. The molecule has 0 rings (SSSR count). The fourth-order valence-electron chi connectivity index (χ4n) is 0.569. The summed E-state index contributed by atoms with van der Waals surface area (Å²) < 4.78 is 13.1. The van der Waals surface area contributed by atoms with Crippen molar-refractivity contribution in [3.8, 4) is 0 Å². The number of carboxylic acids is 1. The number of carbonyl (C=O) groups excluding carboxylic acids is 1. The Bertz CT molecular complexity index is 276. The zero-order chi connectivity index (χ0) is 11.1. The molecular formula is C6H12N3O4S-. The van der Waals surface area contributed by atoms with Gasteiger partial charge in [-0.1, -0.05) is 0 Å². The van der Waals surface area contributed by atoms with Crippen molar-refractivity contribution >= 4 is 23.3 Å². The lowest BCUT2D eigenvalue weighted by molar-refractivity contribution is -0.141. The number of thiol groups is 1. The first-order valence-electron chi connectivity index (χ1n) is 3.80. The molecule has 7 nitrogen and oxygen atoms in total. The van der Waals surface area contributed by atoms with E-state index in [0.717, 1.165) is 0 Å². The molecule has 2 atom stereocenters. The first-order valence-corrected chi connectivity index (χ1v) is 4.56. The van der Waals surface area contributed by atoms with Crippen LogP contribution in [-0.4, -0.2) is 29.1 Å².